The number of hydrogen-bond acceptors (Lipinski definition) is 3. The number of nitrogens with zero attached hydrogens (tertiary/aromatic N) is 1. The molecule has 0 aliphatic carbocycles. The fourth-order valence-corrected chi connectivity index (χ4v) is 4.27. The zero-order valence-electron chi connectivity index (χ0n) is 19.1. The van der Waals surface area contributed by atoms with Gasteiger partial charge in [-0.25, -0.2) is 0 Å². The molecular weight excluding hydrogens is 372 g/mol. The first-order valence-corrected chi connectivity index (χ1v) is 11.3. The summed E-state index contributed by atoms with van der Waals surface area (Å²) in [6, 6.07) is 14.6. The second-order valence-electron chi connectivity index (χ2n) is 8.85. The summed E-state index contributed by atoms with van der Waals surface area (Å²) in [5, 5.41) is 3.13. The maximum Gasteiger partial charge on any atom is 0.261 e. The number of nitrogens with one attached hydrogen (secondary N) is 1. The average molecular weight is 409 g/mol. The highest BCUT2D eigenvalue weighted by atomic mass is 16.5. The summed E-state index contributed by atoms with van der Waals surface area (Å²) in [4.78, 5) is 15.3. The molecule has 0 spiro atoms. The maximum atomic E-state index is 12.8. The third-order valence-corrected chi connectivity index (χ3v) is 5.91. The highest BCUT2D eigenvalue weighted by Crippen LogP contribution is 2.25. The molecule has 1 aliphatic rings. The Labute approximate surface area is 181 Å². The van der Waals surface area contributed by atoms with Crippen LogP contribution in [-0.4, -0.2) is 25.1 Å². The summed E-state index contributed by atoms with van der Waals surface area (Å²) in [5.41, 5.74) is 4.65. The molecule has 3 atom stereocenters. The summed E-state index contributed by atoms with van der Waals surface area (Å²) in [6.07, 6.45) is 2.70. The number of anilines is 1. The normalized spacial score (nSPS) is 18.6. The van der Waals surface area contributed by atoms with Gasteiger partial charge in [0.2, 0.25) is 0 Å². The van der Waals surface area contributed by atoms with Crippen molar-refractivity contribution in [3.63, 3.8) is 0 Å². The molecule has 3 rings (SSSR count). The van der Waals surface area contributed by atoms with E-state index >= 15 is 0 Å². The van der Waals surface area contributed by atoms with E-state index < -0.39 is 6.10 Å². The Morgan fingerprint density at radius 3 is 2.43 bits per heavy atom. The predicted octanol–water partition coefficient (Wildman–Crippen LogP) is 5.57. The van der Waals surface area contributed by atoms with E-state index in [1.165, 1.54) is 18.5 Å². The molecule has 4 heteroatoms. The highest BCUT2D eigenvalue weighted by Gasteiger charge is 2.21. The quantitative estimate of drug-likeness (QED) is 0.651. The monoisotopic (exact) mass is 408 g/mol. The lowest BCUT2D eigenvalue weighted by atomic mass is 9.99. The van der Waals surface area contributed by atoms with Gasteiger partial charge in [0.25, 0.3) is 5.91 Å². The SMILES string of the molecule is CC[C@H](Oc1cc(C)cc(C)c1)C(=O)N[C@@H](C)c1ccc(N2CCC[C@@H](C)C2)cc1. The van der Waals surface area contributed by atoms with Gasteiger partial charge in [-0.15, -0.1) is 0 Å². The van der Waals surface area contributed by atoms with Crippen molar-refractivity contribution < 1.29 is 9.53 Å². The number of aryl methyl sites for hydroxylation is 2. The topological polar surface area (TPSA) is 41.6 Å². The smallest absolute Gasteiger partial charge is 0.261 e. The summed E-state index contributed by atoms with van der Waals surface area (Å²) in [6.45, 7) is 12.7. The first-order valence-electron chi connectivity index (χ1n) is 11.3. The number of carbonyl (C=O) groups excluding carboxylic acids is 1. The van der Waals surface area contributed by atoms with Gasteiger partial charge in [-0.1, -0.05) is 32.0 Å². The number of piperidine rings is 1. The molecule has 2 aromatic rings. The Morgan fingerprint density at radius 1 is 1.17 bits per heavy atom. The van der Waals surface area contributed by atoms with Gasteiger partial charge in [-0.2, -0.15) is 0 Å². The van der Waals surface area contributed by atoms with Gasteiger partial charge in [0.1, 0.15) is 5.75 Å². The molecule has 0 radical (unpaired) electrons. The third-order valence-electron chi connectivity index (χ3n) is 5.91. The van der Waals surface area contributed by atoms with Crippen LogP contribution in [0.15, 0.2) is 42.5 Å². The van der Waals surface area contributed by atoms with Gasteiger partial charge in [-0.3, -0.25) is 4.79 Å². The Balaban J connectivity index is 1.60. The number of ether oxygens (including phenoxy) is 1. The number of hydrogen-bond donors (Lipinski definition) is 1. The van der Waals surface area contributed by atoms with Crippen LogP contribution in [-0.2, 0) is 4.79 Å². The van der Waals surface area contributed by atoms with Crippen molar-refractivity contribution >= 4 is 11.6 Å². The molecule has 2 aromatic carbocycles. The molecule has 162 valence electrons. The predicted molar refractivity (Wildman–Crippen MR) is 124 cm³/mol. The van der Waals surface area contributed by atoms with Crippen molar-refractivity contribution in [1.82, 2.24) is 5.32 Å². The van der Waals surface area contributed by atoms with E-state index in [1.807, 2.05) is 39.8 Å². The highest BCUT2D eigenvalue weighted by molar-refractivity contribution is 5.81. The van der Waals surface area contributed by atoms with Crippen LogP contribution in [0.3, 0.4) is 0 Å². The van der Waals surface area contributed by atoms with Crippen LogP contribution in [0.25, 0.3) is 0 Å². The Bertz CT molecular complexity index is 826. The van der Waals surface area contributed by atoms with E-state index in [0.29, 0.717) is 6.42 Å². The number of rotatable bonds is 7. The molecule has 1 amide bonds. The minimum absolute atomic E-state index is 0.0660. The van der Waals surface area contributed by atoms with Crippen molar-refractivity contribution in [3.05, 3.63) is 59.2 Å². The second kappa shape index (κ2) is 10.0. The molecule has 0 bridgehead atoms. The van der Waals surface area contributed by atoms with Crippen LogP contribution in [0.1, 0.15) is 62.8 Å². The summed E-state index contributed by atoms with van der Waals surface area (Å²) in [5.74, 6) is 1.43. The molecule has 1 saturated heterocycles. The van der Waals surface area contributed by atoms with Crippen LogP contribution in [0, 0.1) is 19.8 Å². The molecule has 1 heterocycles. The maximum absolute atomic E-state index is 12.8. The molecule has 1 N–H and O–H groups in total. The Kier molecular flexibility index (Phi) is 7.41. The molecular formula is C26H36N2O2. The summed E-state index contributed by atoms with van der Waals surface area (Å²) < 4.78 is 6.01. The van der Waals surface area contributed by atoms with Gasteiger partial charge in [0, 0.05) is 18.8 Å². The Hall–Kier alpha value is -2.49. The molecule has 1 aliphatic heterocycles. The van der Waals surface area contributed by atoms with Crippen molar-refractivity contribution in [2.24, 2.45) is 5.92 Å². The first kappa shape index (κ1) is 22.2. The summed E-state index contributed by atoms with van der Waals surface area (Å²) in [7, 11) is 0. The van der Waals surface area contributed by atoms with Gasteiger partial charge in [0.15, 0.2) is 6.10 Å². The second-order valence-corrected chi connectivity index (χ2v) is 8.85. The Morgan fingerprint density at radius 2 is 1.83 bits per heavy atom. The fraction of sp³-hybridized carbons (Fsp3) is 0.500. The van der Waals surface area contributed by atoms with Crippen molar-refractivity contribution in [1.29, 1.82) is 0 Å². The van der Waals surface area contributed by atoms with Gasteiger partial charge in [0.05, 0.1) is 6.04 Å². The van der Waals surface area contributed by atoms with Crippen LogP contribution in [0.4, 0.5) is 5.69 Å². The van der Waals surface area contributed by atoms with Gasteiger partial charge < -0.3 is 15.0 Å². The zero-order chi connectivity index (χ0) is 21.7. The van der Waals surface area contributed by atoms with E-state index in [9.17, 15) is 4.79 Å². The van der Waals surface area contributed by atoms with E-state index in [-0.39, 0.29) is 11.9 Å². The molecule has 30 heavy (non-hydrogen) atoms. The van der Waals surface area contributed by atoms with Crippen LogP contribution in [0.5, 0.6) is 5.75 Å². The van der Waals surface area contributed by atoms with E-state index in [1.54, 1.807) is 0 Å². The largest absolute Gasteiger partial charge is 0.481 e. The van der Waals surface area contributed by atoms with Crippen LogP contribution < -0.4 is 15.0 Å². The molecule has 0 unspecified atom stereocenters. The van der Waals surface area contributed by atoms with Gasteiger partial charge in [-0.05, 0) is 86.9 Å². The molecule has 0 saturated carbocycles. The summed E-state index contributed by atoms with van der Waals surface area (Å²) >= 11 is 0. The van der Waals surface area contributed by atoms with Gasteiger partial charge >= 0.3 is 0 Å². The van der Waals surface area contributed by atoms with Crippen molar-refractivity contribution in [3.8, 4) is 5.75 Å². The molecule has 4 nitrogen and oxygen atoms in total. The average Bonchev–Trinajstić information content (AvgIpc) is 2.71. The van der Waals surface area contributed by atoms with E-state index in [2.05, 4.69) is 47.5 Å². The lowest BCUT2D eigenvalue weighted by molar-refractivity contribution is -0.128. The standard InChI is InChI=1S/C26H36N2O2/c1-6-25(30-24-15-19(3)14-20(4)16-24)26(29)27-21(5)22-9-11-23(12-10-22)28-13-7-8-18(2)17-28/h9-12,14-16,18,21,25H,6-8,13,17H2,1-5H3,(H,27,29)/t18-,21+,25+/m1/s1. The van der Waals surface area contributed by atoms with Crippen LogP contribution >= 0.6 is 0 Å². The van der Waals surface area contributed by atoms with Crippen LogP contribution in [0.2, 0.25) is 0 Å². The lowest BCUT2D eigenvalue weighted by Crippen LogP contribution is -2.39. The number of carbonyl (C=O) groups is 1. The number of benzene rings is 2. The van der Waals surface area contributed by atoms with E-state index in [0.717, 1.165) is 41.4 Å². The molecule has 1 fully saturated rings. The third kappa shape index (κ3) is 5.78. The van der Waals surface area contributed by atoms with Crippen molar-refractivity contribution in [2.75, 3.05) is 18.0 Å². The molecule has 0 aromatic heterocycles. The fourth-order valence-electron chi connectivity index (χ4n) is 4.27. The first-order chi connectivity index (χ1) is 14.4. The minimum Gasteiger partial charge on any atom is -0.481 e. The van der Waals surface area contributed by atoms with E-state index in [4.69, 9.17) is 4.74 Å². The zero-order valence-corrected chi connectivity index (χ0v) is 19.1. The number of amides is 1. The minimum atomic E-state index is -0.497. The lowest BCUT2D eigenvalue weighted by Gasteiger charge is -2.33. The van der Waals surface area contributed by atoms with Crippen molar-refractivity contribution in [2.45, 2.75) is 66.0 Å².